The monoisotopic (exact) mass is 405 g/mol. The van der Waals surface area contributed by atoms with E-state index in [0.717, 1.165) is 11.1 Å². The fourth-order valence-electron chi connectivity index (χ4n) is 2.24. The van der Waals surface area contributed by atoms with Crippen molar-refractivity contribution in [3.8, 4) is 5.75 Å². The number of hydrogen-bond donors (Lipinski definition) is 3. The molecule has 9 heteroatoms. The molecule has 28 heavy (non-hydrogen) atoms. The third kappa shape index (κ3) is 6.07. The Labute approximate surface area is 164 Å². The fraction of sp³-hybridized carbons (Fsp3) is 0.263. The van der Waals surface area contributed by atoms with Crippen molar-refractivity contribution in [3.63, 3.8) is 0 Å². The van der Waals surface area contributed by atoms with Crippen LogP contribution in [-0.2, 0) is 19.6 Å². The van der Waals surface area contributed by atoms with Crippen molar-refractivity contribution < 1.29 is 22.7 Å². The standard InChI is InChI=1S/C19H23N3O5S/c1-13-9-10-14(2)17(11-13)27-12-18(23)20-21-19(24)15(3)22-28(25,26)16-7-5-4-6-8-16/h4-11,15,22H,12H2,1-3H3,(H,20,23)(H,21,24). The van der Waals surface area contributed by atoms with Gasteiger partial charge in [0.15, 0.2) is 6.61 Å². The molecule has 3 N–H and O–H groups in total. The van der Waals surface area contributed by atoms with Crippen molar-refractivity contribution >= 4 is 21.8 Å². The van der Waals surface area contributed by atoms with Gasteiger partial charge in [-0.25, -0.2) is 8.42 Å². The molecule has 2 amide bonds. The first-order valence-electron chi connectivity index (χ1n) is 8.55. The minimum atomic E-state index is -3.85. The molecular formula is C19H23N3O5S. The summed E-state index contributed by atoms with van der Waals surface area (Å²) >= 11 is 0. The van der Waals surface area contributed by atoms with Crippen LogP contribution in [0.1, 0.15) is 18.1 Å². The second-order valence-electron chi connectivity index (χ2n) is 6.25. The topological polar surface area (TPSA) is 114 Å². The molecule has 0 aliphatic carbocycles. The molecule has 2 aromatic carbocycles. The Morgan fingerprint density at radius 1 is 1.04 bits per heavy atom. The molecule has 0 fully saturated rings. The van der Waals surface area contributed by atoms with Crippen LogP contribution in [0.15, 0.2) is 53.4 Å². The van der Waals surface area contributed by atoms with Gasteiger partial charge >= 0.3 is 0 Å². The lowest BCUT2D eigenvalue weighted by molar-refractivity contribution is -0.130. The van der Waals surface area contributed by atoms with E-state index in [1.54, 1.807) is 18.2 Å². The van der Waals surface area contributed by atoms with Crippen LogP contribution in [0, 0.1) is 13.8 Å². The van der Waals surface area contributed by atoms with E-state index >= 15 is 0 Å². The van der Waals surface area contributed by atoms with E-state index in [1.807, 2.05) is 32.0 Å². The number of hydrogen-bond acceptors (Lipinski definition) is 5. The van der Waals surface area contributed by atoms with E-state index in [2.05, 4.69) is 15.6 Å². The summed E-state index contributed by atoms with van der Waals surface area (Å²) in [4.78, 5) is 23.9. The number of carbonyl (C=O) groups is 2. The molecule has 0 aliphatic rings. The number of hydrazine groups is 1. The maximum Gasteiger partial charge on any atom is 0.276 e. The van der Waals surface area contributed by atoms with Crippen LogP contribution in [-0.4, -0.2) is 32.9 Å². The van der Waals surface area contributed by atoms with Crippen molar-refractivity contribution in [2.45, 2.75) is 31.7 Å². The Hall–Kier alpha value is -2.91. The van der Waals surface area contributed by atoms with Crippen LogP contribution in [0.4, 0.5) is 0 Å². The lowest BCUT2D eigenvalue weighted by atomic mass is 10.1. The third-order valence-electron chi connectivity index (χ3n) is 3.81. The van der Waals surface area contributed by atoms with Crippen molar-refractivity contribution in [1.29, 1.82) is 0 Å². The van der Waals surface area contributed by atoms with Gasteiger partial charge in [0.2, 0.25) is 10.0 Å². The number of sulfonamides is 1. The number of carbonyl (C=O) groups excluding carboxylic acids is 2. The number of aryl methyl sites for hydroxylation is 2. The highest BCUT2D eigenvalue weighted by Gasteiger charge is 2.22. The van der Waals surface area contributed by atoms with Crippen molar-refractivity contribution in [3.05, 3.63) is 59.7 Å². The minimum absolute atomic E-state index is 0.0422. The van der Waals surface area contributed by atoms with E-state index in [1.165, 1.54) is 19.1 Å². The van der Waals surface area contributed by atoms with E-state index in [4.69, 9.17) is 4.74 Å². The molecule has 0 radical (unpaired) electrons. The first-order valence-corrected chi connectivity index (χ1v) is 10.0. The maximum atomic E-state index is 12.2. The molecule has 2 aromatic rings. The molecule has 0 heterocycles. The van der Waals surface area contributed by atoms with Gasteiger partial charge in [-0.2, -0.15) is 4.72 Å². The van der Waals surface area contributed by atoms with Gasteiger partial charge in [0.05, 0.1) is 10.9 Å². The van der Waals surface area contributed by atoms with E-state index in [9.17, 15) is 18.0 Å². The molecule has 0 aromatic heterocycles. The number of benzene rings is 2. The van der Waals surface area contributed by atoms with Crippen LogP contribution in [0.3, 0.4) is 0 Å². The Kier molecular flexibility index (Phi) is 7.13. The van der Waals surface area contributed by atoms with Gasteiger partial charge in [-0.05, 0) is 50.1 Å². The van der Waals surface area contributed by atoms with Gasteiger partial charge in [-0.15, -0.1) is 0 Å². The van der Waals surface area contributed by atoms with Gasteiger partial charge in [0, 0.05) is 0 Å². The fourth-order valence-corrected chi connectivity index (χ4v) is 3.46. The maximum absolute atomic E-state index is 12.2. The van der Waals surface area contributed by atoms with Crippen LogP contribution in [0.2, 0.25) is 0 Å². The van der Waals surface area contributed by atoms with Crippen molar-refractivity contribution in [2.75, 3.05) is 6.61 Å². The molecule has 150 valence electrons. The Morgan fingerprint density at radius 3 is 2.39 bits per heavy atom. The Balaban J connectivity index is 1.82. The molecule has 1 unspecified atom stereocenters. The summed E-state index contributed by atoms with van der Waals surface area (Å²) in [5, 5.41) is 0. The smallest absolute Gasteiger partial charge is 0.276 e. The van der Waals surface area contributed by atoms with Crippen LogP contribution in [0.5, 0.6) is 5.75 Å². The average Bonchev–Trinajstić information content (AvgIpc) is 2.67. The third-order valence-corrected chi connectivity index (χ3v) is 5.36. The largest absolute Gasteiger partial charge is 0.483 e. The zero-order valence-corrected chi connectivity index (χ0v) is 16.7. The molecule has 0 saturated carbocycles. The number of rotatable bonds is 7. The molecule has 2 rings (SSSR count). The summed E-state index contributed by atoms with van der Waals surface area (Å²) in [6, 6.07) is 12.2. The molecular weight excluding hydrogens is 382 g/mol. The lowest BCUT2D eigenvalue weighted by Gasteiger charge is -2.15. The van der Waals surface area contributed by atoms with Crippen molar-refractivity contribution in [1.82, 2.24) is 15.6 Å². The first kappa shape index (κ1) is 21.4. The lowest BCUT2D eigenvalue weighted by Crippen LogP contribution is -2.51. The molecule has 8 nitrogen and oxygen atoms in total. The second kappa shape index (κ2) is 9.34. The predicted molar refractivity (Wildman–Crippen MR) is 104 cm³/mol. The molecule has 0 saturated heterocycles. The van der Waals surface area contributed by atoms with Crippen LogP contribution in [0.25, 0.3) is 0 Å². The zero-order chi connectivity index (χ0) is 20.7. The predicted octanol–water partition coefficient (Wildman–Crippen LogP) is 1.20. The molecule has 0 aliphatic heterocycles. The summed E-state index contributed by atoms with van der Waals surface area (Å²) in [6.45, 7) is 4.84. The quantitative estimate of drug-likeness (QED) is 0.599. The van der Waals surface area contributed by atoms with Gasteiger partial charge in [0.1, 0.15) is 5.75 Å². The normalized spacial score (nSPS) is 12.1. The second-order valence-corrected chi connectivity index (χ2v) is 7.97. The molecule has 1 atom stereocenters. The SMILES string of the molecule is Cc1ccc(C)c(OCC(=O)NNC(=O)C(C)NS(=O)(=O)c2ccccc2)c1. The minimum Gasteiger partial charge on any atom is -0.483 e. The highest BCUT2D eigenvalue weighted by Crippen LogP contribution is 2.18. The molecule has 0 spiro atoms. The summed E-state index contributed by atoms with van der Waals surface area (Å²) in [5.41, 5.74) is 6.24. The number of amides is 2. The van der Waals surface area contributed by atoms with Gasteiger partial charge in [-0.1, -0.05) is 30.3 Å². The summed E-state index contributed by atoms with van der Waals surface area (Å²) in [5.74, 6) is -0.711. The Bertz CT molecular complexity index is 945. The summed E-state index contributed by atoms with van der Waals surface area (Å²) in [7, 11) is -3.85. The van der Waals surface area contributed by atoms with E-state index in [0.29, 0.717) is 5.75 Å². The summed E-state index contributed by atoms with van der Waals surface area (Å²) < 4.78 is 32.1. The molecule has 0 bridgehead atoms. The highest BCUT2D eigenvalue weighted by atomic mass is 32.2. The van der Waals surface area contributed by atoms with Crippen LogP contribution < -0.4 is 20.3 Å². The van der Waals surface area contributed by atoms with Gasteiger partial charge < -0.3 is 4.74 Å². The summed E-state index contributed by atoms with van der Waals surface area (Å²) in [6.07, 6.45) is 0. The number of ether oxygens (including phenoxy) is 1. The average molecular weight is 405 g/mol. The van der Waals surface area contributed by atoms with Gasteiger partial charge in [0.25, 0.3) is 11.8 Å². The van der Waals surface area contributed by atoms with E-state index in [-0.39, 0.29) is 11.5 Å². The van der Waals surface area contributed by atoms with Crippen molar-refractivity contribution in [2.24, 2.45) is 0 Å². The highest BCUT2D eigenvalue weighted by molar-refractivity contribution is 7.89. The number of nitrogens with one attached hydrogen (secondary N) is 3. The van der Waals surface area contributed by atoms with E-state index < -0.39 is 27.9 Å². The first-order chi connectivity index (χ1) is 13.2. The van der Waals surface area contributed by atoms with Crippen LogP contribution >= 0.6 is 0 Å². The Morgan fingerprint density at radius 2 is 1.71 bits per heavy atom. The zero-order valence-electron chi connectivity index (χ0n) is 15.9. The van der Waals surface area contributed by atoms with Gasteiger partial charge in [-0.3, -0.25) is 20.4 Å².